The predicted molar refractivity (Wildman–Crippen MR) is 86.3 cm³/mol. The van der Waals surface area contributed by atoms with Gasteiger partial charge in [-0.3, -0.25) is 14.9 Å². The lowest BCUT2D eigenvalue weighted by Gasteiger charge is -2.35. The van der Waals surface area contributed by atoms with Crippen LogP contribution in [0.5, 0.6) is 0 Å². The number of carbonyl (C=O) groups is 2. The Hall–Kier alpha value is -2.08. The van der Waals surface area contributed by atoms with Crippen molar-refractivity contribution >= 4 is 23.2 Å². The molecule has 6 heteroatoms. The summed E-state index contributed by atoms with van der Waals surface area (Å²) in [4.78, 5) is 28.0. The first-order valence-corrected chi connectivity index (χ1v) is 8.09. The number of benzene rings is 1. The van der Waals surface area contributed by atoms with Crippen LogP contribution in [-0.2, 0) is 14.3 Å². The smallest absolute Gasteiger partial charge is 0.249 e. The Bertz CT molecular complexity index is 696. The van der Waals surface area contributed by atoms with Crippen molar-refractivity contribution in [3.05, 3.63) is 23.8 Å². The molecule has 122 valence electrons. The molecule has 0 radical (unpaired) electrons. The molecule has 0 aromatic heterocycles. The maximum Gasteiger partial charge on any atom is 0.249 e. The van der Waals surface area contributed by atoms with Gasteiger partial charge in [0.25, 0.3) is 0 Å². The molecule has 1 N–H and O–H groups in total. The summed E-state index contributed by atoms with van der Waals surface area (Å²) >= 11 is 0. The minimum absolute atomic E-state index is 0.194. The lowest BCUT2D eigenvalue weighted by atomic mass is 10.0. The topological polar surface area (TPSA) is 65.2 Å². The standard InChI is InChI=1S/C17H21N3O3/c1-10(2)11-4-5-12-14(8-11)19(3)17(9-23-17)20(12)13-6-7-15(21)18-16(13)22/h4-5,8,10,13H,6-7,9H2,1-3H3,(H,18,21,22). The maximum atomic E-state index is 12.4. The third kappa shape index (κ3) is 1.97. The van der Waals surface area contributed by atoms with Gasteiger partial charge >= 0.3 is 0 Å². The predicted octanol–water partition coefficient (Wildman–Crippen LogP) is 1.56. The van der Waals surface area contributed by atoms with E-state index in [1.165, 1.54) is 5.56 Å². The van der Waals surface area contributed by atoms with Crippen molar-refractivity contribution in [3.8, 4) is 0 Å². The first-order valence-electron chi connectivity index (χ1n) is 8.09. The lowest BCUT2D eigenvalue weighted by molar-refractivity contribution is -0.134. The summed E-state index contributed by atoms with van der Waals surface area (Å²) in [5.74, 6) is -0.556. The zero-order chi connectivity index (χ0) is 16.4. The summed E-state index contributed by atoms with van der Waals surface area (Å²) in [6, 6.07) is 5.98. The first-order chi connectivity index (χ1) is 10.9. The zero-order valence-corrected chi connectivity index (χ0v) is 13.6. The summed E-state index contributed by atoms with van der Waals surface area (Å²) in [5.41, 5.74) is 3.35. The summed E-state index contributed by atoms with van der Waals surface area (Å²) in [7, 11) is 2.00. The molecule has 3 aliphatic rings. The number of ether oxygens (including phenoxy) is 1. The Balaban J connectivity index is 1.76. The van der Waals surface area contributed by atoms with E-state index in [2.05, 4.69) is 42.3 Å². The van der Waals surface area contributed by atoms with Crippen molar-refractivity contribution in [1.82, 2.24) is 5.32 Å². The van der Waals surface area contributed by atoms with Crippen LogP contribution in [0.1, 0.15) is 38.2 Å². The van der Waals surface area contributed by atoms with Crippen LogP contribution in [0, 0.1) is 0 Å². The lowest BCUT2D eigenvalue weighted by Crippen LogP contribution is -2.58. The zero-order valence-electron chi connectivity index (χ0n) is 13.6. The number of likely N-dealkylation sites (N-methyl/N-ethyl adjacent to an activating group) is 1. The van der Waals surface area contributed by atoms with E-state index >= 15 is 0 Å². The Kier molecular flexibility index (Phi) is 2.97. The number of carbonyl (C=O) groups excluding carboxylic acids is 2. The second-order valence-corrected chi connectivity index (χ2v) is 6.83. The van der Waals surface area contributed by atoms with Crippen molar-refractivity contribution in [2.45, 2.75) is 44.5 Å². The first kappa shape index (κ1) is 14.5. The van der Waals surface area contributed by atoms with Gasteiger partial charge in [0.2, 0.25) is 17.7 Å². The van der Waals surface area contributed by atoms with Crippen LogP contribution in [-0.4, -0.2) is 37.4 Å². The van der Waals surface area contributed by atoms with E-state index in [0.717, 1.165) is 11.4 Å². The van der Waals surface area contributed by atoms with Crippen molar-refractivity contribution in [2.75, 3.05) is 23.5 Å². The van der Waals surface area contributed by atoms with Gasteiger partial charge in [-0.1, -0.05) is 19.9 Å². The van der Waals surface area contributed by atoms with Crippen LogP contribution in [0.15, 0.2) is 18.2 Å². The maximum absolute atomic E-state index is 12.4. The Morgan fingerprint density at radius 3 is 2.65 bits per heavy atom. The van der Waals surface area contributed by atoms with Crippen molar-refractivity contribution in [3.63, 3.8) is 0 Å². The van der Waals surface area contributed by atoms with Gasteiger partial charge in [0.15, 0.2) is 0 Å². The SMILES string of the molecule is CC(C)c1ccc2c(c1)N(C)C1(CO1)N2C1CCC(=O)NC1=O. The number of hydrogen-bond donors (Lipinski definition) is 1. The molecule has 6 nitrogen and oxygen atoms in total. The second-order valence-electron chi connectivity index (χ2n) is 6.83. The molecule has 0 saturated carbocycles. The van der Waals surface area contributed by atoms with E-state index in [4.69, 9.17) is 4.74 Å². The number of fused-ring (bicyclic) bond motifs is 1. The number of hydrogen-bond acceptors (Lipinski definition) is 5. The molecule has 23 heavy (non-hydrogen) atoms. The van der Waals surface area contributed by atoms with Crippen molar-refractivity contribution in [1.29, 1.82) is 0 Å². The molecule has 2 unspecified atom stereocenters. The van der Waals surface area contributed by atoms with Gasteiger partial charge in [-0.15, -0.1) is 0 Å². The molecule has 2 fully saturated rings. The molecule has 1 aromatic rings. The quantitative estimate of drug-likeness (QED) is 0.663. The van der Waals surface area contributed by atoms with Gasteiger partial charge in [0.1, 0.15) is 12.6 Å². The average molecular weight is 315 g/mol. The van der Waals surface area contributed by atoms with E-state index in [0.29, 0.717) is 25.4 Å². The van der Waals surface area contributed by atoms with Crippen LogP contribution in [0.25, 0.3) is 0 Å². The molecular formula is C17H21N3O3. The van der Waals surface area contributed by atoms with Gasteiger partial charge in [-0.25, -0.2) is 0 Å². The normalized spacial score (nSPS) is 29.3. The van der Waals surface area contributed by atoms with Crippen LogP contribution < -0.4 is 15.1 Å². The molecule has 2 amide bonds. The number of piperidine rings is 1. The van der Waals surface area contributed by atoms with Crippen molar-refractivity contribution in [2.24, 2.45) is 0 Å². The third-order valence-corrected chi connectivity index (χ3v) is 5.11. The molecule has 1 aromatic carbocycles. The summed E-state index contributed by atoms with van der Waals surface area (Å²) in [6.45, 7) is 4.89. The Morgan fingerprint density at radius 1 is 1.30 bits per heavy atom. The fraction of sp³-hybridized carbons (Fsp3) is 0.529. The number of amides is 2. The molecule has 2 saturated heterocycles. The van der Waals surface area contributed by atoms with Crippen molar-refractivity contribution < 1.29 is 14.3 Å². The van der Waals surface area contributed by atoms with Crippen LogP contribution >= 0.6 is 0 Å². The minimum atomic E-state index is -0.569. The minimum Gasteiger partial charge on any atom is -0.329 e. The summed E-state index contributed by atoms with van der Waals surface area (Å²) < 4.78 is 5.78. The van der Waals surface area contributed by atoms with Crippen LogP contribution in [0.3, 0.4) is 0 Å². The third-order valence-electron chi connectivity index (χ3n) is 5.11. The monoisotopic (exact) mass is 315 g/mol. The second kappa shape index (κ2) is 4.71. The van der Waals surface area contributed by atoms with E-state index < -0.39 is 5.85 Å². The van der Waals surface area contributed by atoms with E-state index in [9.17, 15) is 9.59 Å². The molecule has 4 rings (SSSR count). The van der Waals surface area contributed by atoms with Crippen LogP contribution in [0.2, 0.25) is 0 Å². The van der Waals surface area contributed by atoms with Gasteiger partial charge in [-0.05, 0) is 30.0 Å². The fourth-order valence-electron chi connectivity index (χ4n) is 3.65. The Morgan fingerprint density at radius 2 is 2.04 bits per heavy atom. The van der Waals surface area contributed by atoms with E-state index in [1.807, 2.05) is 11.9 Å². The number of rotatable bonds is 2. The number of nitrogens with one attached hydrogen (secondary N) is 1. The molecule has 3 heterocycles. The van der Waals surface area contributed by atoms with Gasteiger partial charge in [0.05, 0.1) is 11.4 Å². The largest absolute Gasteiger partial charge is 0.329 e. The van der Waals surface area contributed by atoms with Gasteiger partial charge in [0, 0.05) is 13.5 Å². The van der Waals surface area contributed by atoms with E-state index in [1.54, 1.807) is 0 Å². The highest BCUT2D eigenvalue weighted by molar-refractivity contribution is 6.03. The fourth-order valence-corrected chi connectivity index (χ4v) is 3.65. The number of nitrogens with zero attached hydrogens (tertiary/aromatic N) is 2. The molecule has 0 aliphatic carbocycles. The van der Waals surface area contributed by atoms with Gasteiger partial charge < -0.3 is 14.5 Å². The molecular weight excluding hydrogens is 294 g/mol. The molecule has 1 spiro atoms. The molecule has 0 bridgehead atoms. The average Bonchev–Trinajstić information content (AvgIpc) is 3.26. The number of anilines is 2. The summed E-state index contributed by atoms with van der Waals surface area (Å²) in [5, 5.41) is 2.45. The van der Waals surface area contributed by atoms with Crippen LogP contribution in [0.4, 0.5) is 11.4 Å². The van der Waals surface area contributed by atoms with E-state index in [-0.39, 0.29) is 17.9 Å². The highest BCUT2D eigenvalue weighted by Gasteiger charge is 2.62. The summed E-state index contributed by atoms with van der Waals surface area (Å²) in [6.07, 6.45) is 0.890. The Labute approximate surface area is 135 Å². The highest BCUT2D eigenvalue weighted by Crippen LogP contribution is 2.53. The van der Waals surface area contributed by atoms with Gasteiger partial charge in [-0.2, -0.15) is 0 Å². The number of epoxide rings is 1. The highest BCUT2D eigenvalue weighted by atomic mass is 16.6. The number of imide groups is 1. The molecule has 2 atom stereocenters. The molecule has 3 aliphatic heterocycles.